The van der Waals surface area contributed by atoms with E-state index in [9.17, 15) is 4.39 Å². The second-order valence-electron chi connectivity index (χ2n) is 3.98. The van der Waals surface area contributed by atoms with Crippen LogP contribution in [-0.2, 0) is 6.54 Å². The van der Waals surface area contributed by atoms with Crippen LogP contribution in [-0.4, -0.2) is 6.54 Å². The lowest BCUT2D eigenvalue weighted by atomic mass is 10.1. The average molecular weight is 249 g/mol. The molecule has 0 fully saturated rings. The summed E-state index contributed by atoms with van der Waals surface area (Å²) in [4.78, 5) is 2.25. The molecule has 0 saturated heterocycles. The maximum atomic E-state index is 13.8. The van der Waals surface area contributed by atoms with Crippen molar-refractivity contribution >= 4 is 11.3 Å². The highest BCUT2D eigenvalue weighted by Gasteiger charge is 2.10. The number of hydrogen-bond donors (Lipinski definition) is 1. The van der Waals surface area contributed by atoms with E-state index >= 15 is 0 Å². The Bertz CT molecular complexity index is 484. The number of aryl methyl sites for hydroxylation is 1. The van der Waals surface area contributed by atoms with Crippen LogP contribution in [0.2, 0.25) is 0 Å². The first kappa shape index (κ1) is 12.3. The molecule has 0 amide bonds. The highest BCUT2D eigenvalue weighted by molar-refractivity contribution is 7.15. The summed E-state index contributed by atoms with van der Waals surface area (Å²) in [6.07, 6.45) is 0. The van der Waals surface area contributed by atoms with Gasteiger partial charge in [0.2, 0.25) is 0 Å². The minimum absolute atomic E-state index is 0.137. The molecule has 1 nitrogen and oxygen atoms in total. The third kappa shape index (κ3) is 2.73. The van der Waals surface area contributed by atoms with Crippen molar-refractivity contribution in [3.8, 4) is 10.4 Å². The first-order chi connectivity index (χ1) is 8.22. The summed E-state index contributed by atoms with van der Waals surface area (Å²) in [6, 6.07) is 9.28. The van der Waals surface area contributed by atoms with Crippen molar-refractivity contribution in [2.24, 2.45) is 0 Å². The number of hydrogen-bond acceptors (Lipinski definition) is 2. The fourth-order valence-corrected chi connectivity index (χ4v) is 2.89. The van der Waals surface area contributed by atoms with Crippen LogP contribution in [0.5, 0.6) is 0 Å². The van der Waals surface area contributed by atoms with Crippen LogP contribution >= 0.6 is 11.3 Å². The SMILES string of the molecule is CCNCc1ccc(-c2c(C)cccc2F)s1. The van der Waals surface area contributed by atoms with Crippen molar-refractivity contribution in [3.05, 3.63) is 46.6 Å². The van der Waals surface area contributed by atoms with Gasteiger partial charge in [-0.1, -0.05) is 19.1 Å². The normalized spacial score (nSPS) is 10.8. The van der Waals surface area contributed by atoms with Gasteiger partial charge in [-0.25, -0.2) is 4.39 Å². The van der Waals surface area contributed by atoms with E-state index in [0.29, 0.717) is 0 Å². The lowest BCUT2D eigenvalue weighted by Crippen LogP contribution is -2.10. The Kier molecular flexibility index (Phi) is 3.92. The van der Waals surface area contributed by atoms with Crippen molar-refractivity contribution in [1.82, 2.24) is 5.32 Å². The molecular weight excluding hydrogens is 233 g/mol. The Balaban J connectivity index is 2.30. The van der Waals surface area contributed by atoms with Gasteiger partial charge in [0.25, 0.3) is 0 Å². The summed E-state index contributed by atoms with van der Waals surface area (Å²) in [6.45, 7) is 5.83. The van der Waals surface area contributed by atoms with E-state index in [-0.39, 0.29) is 5.82 Å². The number of halogens is 1. The molecule has 1 N–H and O–H groups in total. The molecule has 0 atom stereocenters. The topological polar surface area (TPSA) is 12.0 Å². The van der Waals surface area contributed by atoms with Crippen LogP contribution in [0.1, 0.15) is 17.4 Å². The predicted octanol–water partition coefficient (Wildman–Crippen LogP) is 3.97. The molecule has 1 aromatic carbocycles. The second-order valence-corrected chi connectivity index (χ2v) is 5.15. The van der Waals surface area contributed by atoms with Crippen LogP contribution in [0.25, 0.3) is 10.4 Å². The third-order valence-corrected chi connectivity index (χ3v) is 3.78. The Morgan fingerprint density at radius 1 is 1.24 bits per heavy atom. The molecule has 0 aliphatic heterocycles. The minimum atomic E-state index is -0.137. The Morgan fingerprint density at radius 3 is 2.76 bits per heavy atom. The molecule has 17 heavy (non-hydrogen) atoms. The molecule has 0 aliphatic carbocycles. The first-order valence-corrected chi connectivity index (χ1v) is 6.59. The Labute approximate surface area is 105 Å². The van der Waals surface area contributed by atoms with E-state index in [4.69, 9.17) is 0 Å². The van der Waals surface area contributed by atoms with Crippen molar-refractivity contribution < 1.29 is 4.39 Å². The van der Waals surface area contributed by atoms with Gasteiger partial charge in [-0.15, -0.1) is 11.3 Å². The van der Waals surface area contributed by atoms with E-state index in [2.05, 4.69) is 18.3 Å². The zero-order valence-electron chi connectivity index (χ0n) is 10.1. The molecule has 0 saturated carbocycles. The minimum Gasteiger partial charge on any atom is -0.312 e. The van der Waals surface area contributed by atoms with Gasteiger partial charge in [0.15, 0.2) is 0 Å². The first-order valence-electron chi connectivity index (χ1n) is 5.77. The summed E-state index contributed by atoms with van der Waals surface area (Å²) >= 11 is 1.65. The Hall–Kier alpha value is -1.19. The van der Waals surface area contributed by atoms with Gasteiger partial charge in [-0.05, 0) is 37.2 Å². The monoisotopic (exact) mass is 249 g/mol. The molecule has 0 unspecified atom stereocenters. The second kappa shape index (κ2) is 5.43. The van der Waals surface area contributed by atoms with Gasteiger partial charge in [0, 0.05) is 21.9 Å². The summed E-state index contributed by atoms with van der Waals surface area (Å²) in [5.74, 6) is -0.137. The lowest BCUT2D eigenvalue weighted by molar-refractivity contribution is 0.630. The fourth-order valence-electron chi connectivity index (χ4n) is 1.80. The molecule has 1 heterocycles. The van der Waals surface area contributed by atoms with Gasteiger partial charge in [0.05, 0.1) is 0 Å². The van der Waals surface area contributed by atoms with Crippen LogP contribution in [0.4, 0.5) is 4.39 Å². The molecular formula is C14H16FNS. The summed E-state index contributed by atoms with van der Waals surface area (Å²) in [5.41, 5.74) is 1.72. The van der Waals surface area contributed by atoms with Crippen molar-refractivity contribution in [1.29, 1.82) is 0 Å². The van der Waals surface area contributed by atoms with E-state index < -0.39 is 0 Å². The largest absolute Gasteiger partial charge is 0.312 e. The van der Waals surface area contributed by atoms with Crippen LogP contribution in [0.15, 0.2) is 30.3 Å². The summed E-state index contributed by atoms with van der Waals surface area (Å²) in [5, 5.41) is 3.28. The quantitative estimate of drug-likeness (QED) is 0.864. The highest BCUT2D eigenvalue weighted by atomic mass is 32.1. The molecule has 0 spiro atoms. The van der Waals surface area contributed by atoms with E-state index in [0.717, 1.165) is 29.1 Å². The standard InChI is InChI=1S/C14H16FNS/c1-3-16-9-11-7-8-13(17-11)14-10(2)5-4-6-12(14)15/h4-8,16H,3,9H2,1-2H3. The van der Waals surface area contributed by atoms with Crippen molar-refractivity contribution in [3.63, 3.8) is 0 Å². The number of benzene rings is 1. The van der Waals surface area contributed by atoms with Gasteiger partial charge in [-0.2, -0.15) is 0 Å². The summed E-state index contributed by atoms with van der Waals surface area (Å²) in [7, 11) is 0. The van der Waals surface area contributed by atoms with Gasteiger partial charge in [0.1, 0.15) is 5.82 Å². The molecule has 1 aromatic heterocycles. The Morgan fingerprint density at radius 2 is 2.06 bits per heavy atom. The third-order valence-electron chi connectivity index (χ3n) is 2.68. The molecule has 2 rings (SSSR count). The lowest BCUT2D eigenvalue weighted by Gasteiger charge is -2.04. The number of nitrogens with one attached hydrogen (secondary N) is 1. The molecule has 90 valence electrons. The molecule has 0 bridgehead atoms. The maximum absolute atomic E-state index is 13.8. The zero-order valence-corrected chi connectivity index (χ0v) is 10.9. The zero-order chi connectivity index (χ0) is 12.3. The van der Waals surface area contributed by atoms with Gasteiger partial charge in [-0.3, -0.25) is 0 Å². The average Bonchev–Trinajstić information content (AvgIpc) is 2.75. The van der Waals surface area contributed by atoms with E-state index in [1.165, 1.54) is 10.9 Å². The number of rotatable bonds is 4. The van der Waals surface area contributed by atoms with Crippen molar-refractivity contribution in [2.75, 3.05) is 6.54 Å². The van der Waals surface area contributed by atoms with Gasteiger partial charge < -0.3 is 5.32 Å². The summed E-state index contributed by atoms with van der Waals surface area (Å²) < 4.78 is 13.8. The van der Waals surface area contributed by atoms with E-state index in [1.807, 2.05) is 19.1 Å². The van der Waals surface area contributed by atoms with Crippen LogP contribution in [0, 0.1) is 12.7 Å². The van der Waals surface area contributed by atoms with Gasteiger partial charge >= 0.3 is 0 Å². The van der Waals surface area contributed by atoms with Crippen molar-refractivity contribution in [2.45, 2.75) is 20.4 Å². The maximum Gasteiger partial charge on any atom is 0.132 e. The molecule has 3 heteroatoms. The molecule has 2 aromatic rings. The fraction of sp³-hybridized carbons (Fsp3) is 0.286. The highest BCUT2D eigenvalue weighted by Crippen LogP contribution is 2.32. The molecule has 0 radical (unpaired) electrons. The van der Waals surface area contributed by atoms with E-state index in [1.54, 1.807) is 17.4 Å². The van der Waals surface area contributed by atoms with Crippen LogP contribution < -0.4 is 5.32 Å². The smallest absolute Gasteiger partial charge is 0.132 e. The predicted molar refractivity (Wildman–Crippen MR) is 71.8 cm³/mol. The number of thiophene rings is 1. The van der Waals surface area contributed by atoms with Crippen LogP contribution in [0.3, 0.4) is 0 Å². The molecule has 0 aliphatic rings.